The summed E-state index contributed by atoms with van der Waals surface area (Å²) in [5.74, 6) is 0. The Morgan fingerprint density at radius 2 is 1.53 bits per heavy atom. The summed E-state index contributed by atoms with van der Waals surface area (Å²) in [5.41, 5.74) is 0.582. The largest absolute Gasteiger partial charge is 0.418 e. The lowest BCUT2D eigenvalue weighted by Gasteiger charge is -2.37. The Kier molecular flexibility index (Phi) is 6.37. The summed E-state index contributed by atoms with van der Waals surface area (Å²) >= 11 is 0. The fraction of sp³-hybridized carbons (Fsp3) is 1.00. The van der Waals surface area contributed by atoms with Crippen LogP contribution in [0.1, 0.15) is 33.6 Å². The first-order chi connectivity index (χ1) is 6.79. The Balaban J connectivity index is 4.48. The zero-order valence-electron chi connectivity index (χ0n) is 11.8. The lowest BCUT2D eigenvalue weighted by molar-refractivity contribution is 0.253. The van der Waals surface area contributed by atoms with Crippen molar-refractivity contribution in [1.29, 1.82) is 0 Å². The van der Waals surface area contributed by atoms with Crippen LogP contribution in [0.4, 0.5) is 0 Å². The van der Waals surface area contributed by atoms with Crippen LogP contribution in [0.5, 0.6) is 0 Å². The molecule has 0 N–H and O–H groups in total. The van der Waals surface area contributed by atoms with Crippen LogP contribution in [0.15, 0.2) is 0 Å². The molecule has 15 heavy (non-hydrogen) atoms. The summed E-state index contributed by atoms with van der Waals surface area (Å²) in [6, 6.07) is 2.64. The molecule has 0 aromatic rings. The average Bonchev–Trinajstić information content (AvgIpc) is 2.14. The minimum atomic E-state index is -1.37. The van der Waals surface area contributed by atoms with Crippen LogP contribution in [0, 0.1) is 0 Å². The van der Waals surface area contributed by atoms with Gasteiger partial charge in [-0.2, -0.15) is 0 Å². The molecule has 0 saturated heterocycles. The Morgan fingerprint density at radius 1 is 1.00 bits per heavy atom. The molecule has 0 radical (unpaired) electrons. The maximum Gasteiger partial charge on any atom is 0.186 e. The third-order valence-corrected chi connectivity index (χ3v) is 10.4. The van der Waals surface area contributed by atoms with Gasteiger partial charge in [0.2, 0.25) is 0 Å². The molecule has 0 amide bonds. The van der Waals surface area contributed by atoms with Gasteiger partial charge in [-0.15, -0.1) is 0 Å². The van der Waals surface area contributed by atoms with E-state index in [2.05, 4.69) is 47.0 Å². The Labute approximate surface area is 98.8 Å². The topological polar surface area (TPSA) is 9.23 Å². The Morgan fingerprint density at radius 3 is 1.87 bits per heavy atom. The van der Waals surface area contributed by atoms with Gasteiger partial charge in [0.15, 0.2) is 8.32 Å². The zero-order chi connectivity index (χ0) is 12.1. The molecular formula is C12H30OSi2. The van der Waals surface area contributed by atoms with Gasteiger partial charge in [-0.25, -0.2) is 0 Å². The van der Waals surface area contributed by atoms with Gasteiger partial charge >= 0.3 is 0 Å². The van der Waals surface area contributed by atoms with E-state index in [0.717, 1.165) is 0 Å². The van der Waals surface area contributed by atoms with E-state index in [1.54, 1.807) is 0 Å². The molecular weight excluding hydrogens is 216 g/mol. The number of hydrogen-bond donors (Lipinski definition) is 0. The molecule has 0 bridgehead atoms. The van der Waals surface area contributed by atoms with Crippen LogP contribution in [0.3, 0.4) is 0 Å². The van der Waals surface area contributed by atoms with Crippen molar-refractivity contribution in [3.8, 4) is 0 Å². The predicted molar refractivity (Wildman–Crippen MR) is 75.7 cm³/mol. The SMILES string of the molecule is CCC[Si](C)(C)C(CC)O[Si](C)(C)CC. The molecule has 92 valence electrons. The molecule has 1 atom stereocenters. The molecule has 1 nitrogen and oxygen atoms in total. The molecule has 0 aliphatic rings. The summed E-state index contributed by atoms with van der Waals surface area (Å²) in [6.45, 7) is 16.5. The summed E-state index contributed by atoms with van der Waals surface area (Å²) in [7, 11) is -2.51. The molecule has 0 saturated carbocycles. The highest BCUT2D eigenvalue weighted by Crippen LogP contribution is 2.25. The van der Waals surface area contributed by atoms with Gasteiger partial charge in [0.1, 0.15) is 0 Å². The third-order valence-electron chi connectivity index (χ3n) is 3.45. The first kappa shape index (κ1) is 15.4. The van der Waals surface area contributed by atoms with Crippen molar-refractivity contribution >= 4 is 16.4 Å². The van der Waals surface area contributed by atoms with E-state index >= 15 is 0 Å². The van der Waals surface area contributed by atoms with Gasteiger partial charge in [0.05, 0.1) is 8.07 Å². The van der Waals surface area contributed by atoms with Crippen LogP contribution in [0.2, 0.25) is 38.3 Å². The van der Waals surface area contributed by atoms with Crippen molar-refractivity contribution in [3.05, 3.63) is 0 Å². The maximum absolute atomic E-state index is 6.45. The van der Waals surface area contributed by atoms with Crippen molar-refractivity contribution in [2.24, 2.45) is 0 Å². The fourth-order valence-corrected chi connectivity index (χ4v) is 8.12. The highest BCUT2D eigenvalue weighted by molar-refractivity contribution is 6.80. The quantitative estimate of drug-likeness (QED) is 0.594. The van der Waals surface area contributed by atoms with Crippen molar-refractivity contribution < 1.29 is 4.43 Å². The van der Waals surface area contributed by atoms with Crippen molar-refractivity contribution in [2.75, 3.05) is 0 Å². The lowest BCUT2D eigenvalue weighted by Crippen LogP contribution is -2.48. The molecule has 0 fully saturated rings. The molecule has 0 aromatic carbocycles. The summed E-state index contributed by atoms with van der Waals surface area (Å²) in [6.07, 6.45) is 2.52. The van der Waals surface area contributed by atoms with Gasteiger partial charge < -0.3 is 4.43 Å². The number of rotatable bonds is 7. The van der Waals surface area contributed by atoms with Gasteiger partial charge in [-0.05, 0) is 25.6 Å². The van der Waals surface area contributed by atoms with Crippen molar-refractivity contribution in [2.45, 2.75) is 77.6 Å². The van der Waals surface area contributed by atoms with Gasteiger partial charge in [-0.1, -0.05) is 46.3 Å². The van der Waals surface area contributed by atoms with E-state index < -0.39 is 16.4 Å². The molecule has 3 heteroatoms. The predicted octanol–water partition coefficient (Wildman–Crippen LogP) is 4.66. The highest BCUT2D eigenvalue weighted by Gasteiger charge is 2.34. The second-order valence-corrected chi connectivity index (χ2v) is 15.4. The Bertz CT molecular complexity index is 178. The van der Waals surface area contributed by atoms with Gasteiger partial charge in [0.25, 0.3) is 0 Å². The third kappa shape index (κ3) is 5.32. The van der Waals surface area contributed by atoms with E-state index in [0.29, 0.717) is 5.73 Å². The van der Waals surface area contributed by atoms with Crippen molar-refractivity contribution in [3.63, 3.8) is 0 Å². The normalized spacial score (nSPS) is 15.4. The summed E-state index contributed by atoms with van der Waals surface area (Å²) in [4.78, 5) is 0. The smallest absolute Gasteiger partial charge is 0.186 e. The van der Waals surface area contributed by atoms with Crippen LogP contribution in [0.25, 0.3) is 0 Å². The lowest BCUT2D eigenvalue weighted by atomic mass is 10.5. The van der Waals surface area contributed by atoms with E-state index in [1.165, 1.54) is 24.9 Å². The van der Waals surface area contributed by atoms with E-state index in [9.17, 15) is 0 Å². The Hall–Kier alpha value is 0.394. The average molecular weight is 247 g/mol. The molecule has 0 heterocycles. The molecule has 0 aromatic heterocycles. The highest BCUT2D eigenvalue weighted by atomic mass is 28.4. The second-order valence-electron chi connectivity index (χ2n) is 5.87. The molecule has 1 unspecified atom stereocenters. The molecule has 0 aliphatic carbocycles. The standard InChI is InChI=1S/C12H30OSi2/c1-8-11-14(4,5)12(9-2)13-15(6,7)10-3/h12H,8-11H2,1-7H3. The second kappa shape index (κ2) is 6.21. The van der Waals surface area contributed by atoms with Gasteiger partial charge in [0, 0.05) is 5.73 Å². The molecule has 0 rings (SSSR count). The first-order valence-electron chi connectivity index (χ1n) is 6.47. The summed E-state index contributed by atoms with van der Waals surface area (Å²) in [5, 5.41) is 0. The fourth-order valence-electron chi connectivity index (χ4n) is 2.07. The minimum absolute atomic E-state index is 0.582. The number of hydrogen-bond acceptors (Lipinski definition) is 1. The van der Waals surface area contributed by atoms with E-state index in [1.807, 2.05) is 0 Å². The zero-order valence-corrected chi connectivity index (χ0v) is 13.8. The van der Waals surface area contributed by atoms with E-state index in [-0.39, 0.29) is 0 Å². The van der Waals surface area contributed by atoms with Crippen LogP contribution >= 0.6 is 0 Å². The monoisotopic (exact) mass is 246 g/mol. The van der Waals surface area contributed by atoms with Crippen LogP contribution in [-0.4, -0.2) is 22.1 Å². The van der Waals surface area contributed by atoms with Crippen LogP contribution in [-0.2, 0) is 4.43 Å². The maximum atomic E-state index is 6.45. The van der Waals surface area contributed by atoms with Gasteiger partial charge in [-0.3, -0.25) is 0 Å². The van der Waals surface area contributed by atoms with Crippen LogP contribution < -0.4 is 0 Å². The molecule has 0 spiro atoms. The first-order valence-corrected chi connectivity index (χ1v) is 12.9. The van der Waals surface area contributed by atoms with E-state index in [4.69, 9.17) is 4.43 Å². The van der Waals surface area contributed by atoms with Crippen molar-refractivity contribution in [1.82, 2.24) is 0 Å². The molecule has 0 aliphatic heterocycles. The minimum Gasteiger partial charge on any atom is -0.418 e. The summed E-state index contributed by atoms with van der Waals surface area (Å²) < 4.78 is 6.45.